The predicted molar refractivity (Wildman–Crippen MR) is 79.0 cm³/mol. The van der Waals surface area contributed by atoms with E-state index in [9.17, 15) is 27.5 Å². The van der Waals surface area contributed by atoms with Crippen LogP contribution in [0.4, 0.5) is 17.6 Å². The number of aliphatic hydroxyl groups excluding tert-OH is 1. The molecule has 2 N–H and O–H groups in total. The van der Waals surface area contributed by atoms with Gasteiger partial charge in [-0.2, -0.15) is 0 Å². The van der Waals surface area contributed by atoms with Crippen molar-refractivity contribution >= 4 is 5.91 Å². The summed E-state index contributed by atoms with van der Waals surface area (Å²) in [6.45, 7) is 1.48. The van der Waals surface area contributed by atoms with Crippen molar-refractivity contribution < 1.29 is 27.5 Å². The van der Waals surface area contributed by atoms with E-state index in [-0.39, 0.29) is 17.5 Å². The van der Waals surface area contributed by atoms with E-state index < -0.39 is 41.3 Å². The van der Waals surface area contributed by atoms with Crippen LogP contribution < -0.4 is 5.32 Å². The molecule has 3 nitrogen and oxygen atoms in total. The molecule has 2 atom stereocenters. The fraction of sp³-hybridized carbons (Fsp3) is 0.235. The van der Waals surface area contributed by atoms with Crippen molar-refractivity contribution in [1.29, 1.82) is 0 Å². The minimum atomic E-state index is -1.26. The molecular formula is C17H15F4NO2. The molecule has 0 fully saturated rings. The first-order valence-electron chi connectivity index (χ1n) is 7.14. The summed E-state index contributed by atoms with van der Waals surface area (Å²) in [5, 5.41) is 12.6. The smallest absolute Gasteiger partial charge is 0.224 e. The molecule has 0 aliphatic heterocycles. The Balaban J connectivity index is 1.99. The van der Waals surface area contributed by atoms with Gasteiger partial charge in [-0.1, -0.05) is 12.1 Å². The number of rotatable bonds is 5. The van der Waals surface area contributed by atoms with Crippen LogP contribution in [0.3, 0.4) is 0 Å². The minimum absolute atomic E-state index is 0.106. The third-order valence-electron chi connectivity index (χ3n) is 3.50. The Labute approximate surface area is 135 Å². The first-order valence-corrected chi connectivity index (χ1v) is 7.14. The van der Waals surface area contributed by atoms with E-state index in [0.29, 0.717) is 0 Å². The van der Waals surface area contributed by atoms with Gasteiger partial charge in [0.25, 0.3) is 0 Å². The Morgan fingerprint density at radius 2 is 1.58 bits per heavy atom. The highest BCUT2D eigenvalue weighted by Gasteiger charge is 2.20. The number of carbonyl (C=O) groups excluding carboxylic acids is 1. The molecule has 1 amide bonds. The Bertz CT molecular complexity index is 751. The monoisotopic (exact) mass is 341 g/mol. The van der Waals surface area contributed by atoms with Crippen molar-refractivity contribution in [2.45, 2.75) is 25.5 Å². The zero-order valence-electron chi connectivity index (χ0n) is 12.7. The second kappa shape index (κ2) is 7.44. The van der Waals surface area contributed by atoms with Gasteiger partial charge in [0.05, 0.1) is 18.6 Å². The standard InChI is InChI=1S/C17H15F4NO2/c1-9(17(24)11-3-5-13(19)15(21)8-11)22-16(23)7-10-2-4-12(18)14(20)6-10/h2-6,8-9,17,24H,7H2,1H3,(H,22,23). The van der Waals surface area contributed by atoms with E-state index in [2.05, 4.69) is 5.32 Å². The molecule has 0 saturated carbocycles. The molecule has 0 spiro atoms. The molecule has 2 unspecified atom stereocenters. The molecule has 2 aromatic carbocycles. The third kappa shape index (κ3) is 4.32. The van der Waals surface area contributed by atoms with Gasteiger partial charge in [-0.3, -0.25) is 4.79 Å². The van der Waals surface area contributed by atoms with Gasteiger partial charge in [0.15, 0.2) is 23.3 Å². The molecule has 0 aromatic heterocycles. The number of amides is 1. The van der Waals surface area contributed by atoms with E-state index in [1.807, 2.05) is 0 Å². The number of carbonyl (C=O) groups is 1. The quantitative estimate of drug-likeness (QED) is 0.822. The van der Waals surface area contributed by atoms with Crippen LogP contribution in [0.2, 0.25) is 0 Å². The van der Waals surface area contributed by atoms with Crippen LogP contribution in [0.25, 0.3) is 0 Å². The first kappa shape index (κ1) is 17.9. The molecule has 2 rings (SSSR count). The van der Waals surface area contributed by atoms with Crippen LogP contribution in [0, 0.1) is 23.3 Å². The highest BCUT2D eigenvalue weighted by Crippen LogP contribution is 2.19. The molecule has 128 valence electrons. The van der Waals surface area contributed by atoms with E-state index in [0.717, 1.165) is 24.3 Å². The normalized spacial score (nSPS) is 13.4. The number of hydrogen-bond donors (Lipinski definition) is 2. The Kier molecular flexibility index (Phi) is 5.56. The van der Waals surface area contributed by atoms with Gasteiger partial charge in [0, 0.05) is 0 Å². The molecule has 0 radical (unpaired) electrons. The molecule has 2 aromatic rings. The second-order valence-electron chi connectivity index (χ2n) is 5.40. The maximum Gasteiger partial charge on any atom is 0.224 e. The topological polar surface area (TPSA) is 49.3 Å². The van der Waals surface area contributed by atoms with Crippen molar-refractivity contribution in [2.75, 3.05) is 0 Å². The molecule has 0 aliphatic rings. The summed E-state index contributed by atoms with van der Waals surface area (Å²) in [7, 11) is 0. The fourth-order valence-corrected chi connectivity index (χ4v) is 2.20. The SMILES string of the molecule is CC(NC(=O)Cc1ccc(F)c(F)c1)C(O)c1ccc(F)c(F)c1. The van der Waals surface area contributed by atoms with Crippen LogP contribution in [-0.4, -0.2) is 17.1 Å². The minimum Gasteiger partial charge on any atom is -0.386 e. The molecule has 0 saturated heterocycles. The molecule has 7 heteroatoms. The first-order chi connectivity index (χ1) is 11.3. The lowest BCUT2D eigenvalue weighted by atomic mass is 10.0. The summed E-state index contributed by atoms with van der Waals surface area (Å²) in [4.78, 5) is 11.9. The lowest BCUT2D eigenvalue weighted by Crippen LogP contribution is -2.38. The summed E-state index contributed by atoms with van der Waals surface area (Å²) in [5.41, 5.74) is 0.371. The maximum absolute atomic E-state index is 13.2. The average Bonchev–Trinajstić information content (AvgIpc) is 2.52. The van der Waals surface area contributed by atoms with Crippen molar-refractivity contribution in [2.24, 2.45) is 0 Å². The third-order valence-corrected chi connectivity index (χ3v) is 3.50. The van der Waals surface area contributed by atoms with Gasteiger partial charge in [0.1, 0.15) is 0 Å². The molecule has 0 heterocycles. The zero-order valence-corrected chi connectivity index (χ0v) is 12.7. The van der Waals surface area contributed by atoms with Gasteiger partial charge in [-0.05, 0) is 42.3 Å². The Morgan fingerprint density at radius 3 is 2.17 bits per heavy atom. The van der Waals surface area contributed by atoms with Crippen molar-refractivity contribution in [3.8, 4) is 0 Å². The van der Waals surface area contributed by atoms with E-state index in [4.69, 9.17) is 0 Å². The van der Waals surface area contributed by atoms with Crippen LogP contribution in [0.1, 0.15) is 24.2 Å². The summed E-state index contributed by atoms with van der Waals surface area (Å²) in [5.74, 6) is -4.75. The van der Waals surface area contributed by atoms with Crippen LogP contribution >= 0.6 is 0 Å². The van der Waals surface area contributed by atoms with Crippen molar-refractivity contribution in [1.82, 2.24) is 5.32 Å². The highest BCUT2D eigenvalue weighted by atomic mass is 19.2. The van der Waals surface area contributed by atoms with Gasteiger partial charge in [-0.25, -0.2) is 17.6 Å². The largest absolute Gasteiger partial charge is 0.386 e. The molecule has 0 aliphatic carbocycles. The number of benzene rings is 2. The highest BCUT2D eigenvalue weighted by molar-refractivity contribution is 5.78. The van der Waals surface area contributed by atoms with Crippen LogP contribution in [-0.2, 0) is 11.2 Å². The summed E-state index contributed by atoms with van der Waals surface area (Å²) < 4.78 is 52.0. The van der Waals surface area contributed by atoms with Gasteiger partial charge in [-0.15, -0.1) is 0 Å². The number of halogens is 4. The fourth-order valence-electron chi connectivity index (χ4n) is 2.20. The number of nitrogens with one attached hydrogen (secondary N) is 1. The van der Waals surface area contributed by atoms with Gasteiger partial charge < -0.3 is 10.4 Å². The van der Waals surface area contributed by atoms with Gasteiger partial charge >= 0.3 is 0 Å². The summed E-state index contributed by atoms with van der Waals surface area (Å²) in [6.07, 6.45) is -1.47. The molecule has 24 heavy (non-hydrogen) atoms. The van der Waals surface area contributed by atoms with Gasteiger partial charge in [0.2, 0.25) is 5.91 Å². The van der Waals surface area contributed by atoms with E-state index in [1.165, 1.54) is 19.1 Å². The average molecular weight is 341 g/mol. The Morgan fingerprint density at radius 1 is 1.00 bits per heavy atom. The number of hydrogen-bond acceptors (Lipinski definition) is 2. The second-order valence-corrected chi connectivity index (χ2v) is 5.40. The predicted octanol–water partition coefficient (Wildman–Crippen LogP) is 3.02. The number of aliphatic hydroxyl groups is 1. The lowest BCUT2D eigenvalue weighted by molar-refractivity contribution is -0.121. The van der Waals surface area contributed by atoms with Crippen molar-refractivity contribution in [3.05, 3.63) is 70.8 Å². The van der Waals surface area contributed by atoms with Crippen LogP contribution in [0.5, 0.6) is 0 Å². The summed E-state index contributed by atoms with van der Waals surface area (Å²) in [6, 6.07) is 5.23. The maximum atomic E-state index is 13.2. The summed E-state index contributed by atoms with van der Waals surface area (Å²) >= 11 is 0. The lowest BCUT2D eigenvalue weighted by Gasteiger charge is -2.21. The zero-order chi connectivity index (χ0) is 17.9. The van der Waals surface area contributed by atoms with E-state index in [1.54, 1.807) is 0 Å². The van der Waals surface area contributed by atoms with E-state index >= 15 is 0 Å². The van der Waals surface area contributed by atoms with Crippen LogP contribution in [0.15, 0.2) is 36.4 Å². The molecular weight excluding hydrogens is 326 g/mol. The van der Waals surface area contributed by atoms with Crippen molar-refractivity contribution in [3.63, 3.8) is 0 Å². The Hall–Kier alpha value is -2.41. The molecule has 0 bridgehead atoms.